The number of piperidine rings is 1. The third-order valence-corrected chi connectivity index (χ3v) is 5.01. The lowest BCUT2D eigenvalue weighted by Crippen LogP contribution is -2.39. The molecule has 0 aliphatic carbocycles. The van der Waals surface area contributed by atoms with Crippen molar-refractivity contribution in [1.82, 2.24) is 5.32 Å². The van der Waals surface area contributed by atoms with E-state index in [1.807, 2.05) is 25.1 Å². The Morgan fingerprint density at radius 3 is 2.75 bits per heavy atom. The molecule has 0 radical (unpaired) electrons. The van der Waals surface area contributed by atoms with Crippen LogP contribution in [0.25, 0.3) is 0 Å². The summed E-state index contributed by atoms with van der Waals surface area (Å²) >= 11 is 3.45. The molecule has 1 aromatic carbocycles. The van der Waals surface area contributed by atoms with Gasteiger partial charge in [-0.1, -0.05) is 22.0 Å². The van der Waals surface area contributed by atoms with Crippen LogP contribution in [-0.4, -0.2) is 18.0 Å². The van der Waals surface area contributed by atoms with Gasteiger partial charge in [-0.2, -0.15) is 0 Å². The van der Waals surface area contributed by atoms with E-state index in [4.69, 9.17) is 0 Å². The zero-order valence-electron chi connectivity index (χ0n) is 11.8. The Hall–Kier alpha value is -0.870. The molecule has 2 saturated heterocycles. The molecular formula is C16H21BrN2O. The minimum Gasteiger partial charge on any atom is -0.326 e. The van der Waals surface area contributed by atoms with Crippen molar-refractivity contribution < 1.29 is 4.79 Å². The molecule has 2 unspecified atom stereocenters. The molecular weight excluding hydrogens is 316 g/mol. The van der Waals surface area contributed by atoms with Crippen molar-refractivity contribution in [2.24, 2.45) is 5.92 Å². The maximum atomic E-state index is 12.2. The summed E-state index contributed by atoms with van der Waals surface area (Å²) in [7, 11) is 0. The zero-order valence-corrected chi connectivity index (χ0v) is 13.4. The Bertz CT molecular complexity index is 505. The average molecular weight is 337 g/mol. The molecule has 20 heavy (non-hydrogen) atoms. The van der Waals surface area contributed by atoms with E-state index in [1.165, 1.54) is 12.8 Å². The normalized spacial score (nSPS) is 28.4. The molecule has 2 N–H and O–H groups in total. The zero-order chi connectivity index (χ0) is 14.1. The highest BCUT2D eigenvalue weighted by atomic mass is 79.9. The summed E-state index contributed by atoms with van der Waals surface area (Å²) in [6.07, 6.45) is 5.53. The highest BCUT2D eigenvalue weighted by Gasteiger charge is 2.34. The second kappa shape index (κ2) is 5.86. The van der Waals surface area contributed by atoms with Crippen LogP contribution in [0.15, 0.2) is 22.7 Å². The van der Waals surface area contributed by atoms with E-state index in [9.17, 15) is 4.79 Å². The summed E-state index contributed by atoms with van der Waals surface area (Å²) in [6, 6.07) is 7.29. The van der Waals surface area contributed by atoms with Gasteiger partial charge in [-0.05, 0) is 56.2 Å². The predicted octanol–water partition coefficient (Wildman–Crippen LogP) is 3.62. The van der Waals surface area contributed by atoms with E-state index in [-0.39, 0.29) is 5.91 Å². The van der Waals surface area contributed by atoms with Gasteiger partial charge in [-0.3, -0.25) is 4.79 Å². The van der Waals surface area contributed by atoms with Crippen LogP contribution in [0, 0.1) is 12.8 Å². The molecule has 2 aliphatic heterocycles. The van der Waals surface area contributed by atoms with E-state index in [2.05, 4.69) is 26.6 Å². The Kier molecular flexibility index (Phi) is 4.13. The third-order valence-electron chi connectivity index (χ3n) is 4.52. The Balaban J connectivity index is 1.58. The van der Waals surface area contributed by atoms with Crippen molar-refractivity contribution in [3.8, 4) is 0 Å². The summed E-state index contributed by atoms with van der Waals surface area (Å²) in [5, 5.41) is 6.68. The number of aryl methyl sites for hydroxylation is 1. The fourth-order valence-electron chi connectivity index (χ4n) is 3.53. The summed E-state index contributed by atoms with van der Waals surface area (Å²) in [4.78, 5) is 12.2. The SMILES string of the molecule is Cc1ccc(Br)cc1NC(=O)CC1CC2CCC(C1)N2. The molecule has 2 bridgehead atoms. The molecule has 3 rings (SSSR count). The molecule has 0 saturated carbocycles. The minimum atomic E-state index is 0.150. The topological polar surface area (TPSA) is 41.1 Å². The highest BCUT2D eigenvalue weighted by molar-refractivity contribution is 9.10. The number of hydrogen-bond donors (Lipinski definition) is 2. The summed E-state index contributed by atoms with van der Waals surface area (Å²) in [5.74, 6) is 0.693. The second-order valence-electron chi connectivity index (χ2n) is 6.19. The molecule has 108 valence electrons. The molecule has 2 fully saturated rings. The van der Waals surface area contributed by atoms with Gasteiger partial charge in [0.2, 0.25) is 5.91 Å². The number of carbonyl (C=O) groups excluding carboxylic acids is 1. The van der Waals surface area contributed by atoms with E-state index >= 15 is 0 Å². The second-order valence-corrected chi connectivity index (χ2v) is 7.10. The largest absolute Gasteiger partial charge is 0.326 e. The molecule has 3 nitrogen and oxygen atoms in total. The Morgan fingerprint density at radius 2 is 2.05 bits per heavy atom. The monoisotopic (exact) mass is 336 g/mol. The van der Waals surface area contributed by atoms with E-state index < -0.39 is 0 Å². The number of hydrogen-bond acceptors (Lipinski definition) is 2. The molecule has 0 spiro atoms. The fraction of sp³-hybridized carbons (Fsp3) is 0.562. The van der Waals surface area contributed by atoms with Crippen LogP contribution in [-0.2, 0) is 4.79 Å². The number of rotatable bonds is 3. The standard InChI is InChI=1S/C16H21BrN2O/c1-10-2-3-12(17)9-15(10)19-16(20)8-11-6-13-4-5-14(7-11)18-13/h2-3,9,11,13-14,18H,4-8H2,1H3,(H,19,20). The first kappa shape index (κ1) is 14.1. The molecule has 2 heterocycles. The van der Waals surface area contributed by atoms with Crippen molar-refractivity contribution >= 4 is 27.5 Å². The molecule has 0 aromatic heterocycles. The van der Waals surface area contributed by atoms with Gasteiger partial charge in [0.05, 0.1) is 0 Å². The van der Waals surface area contributed by atoms with Gasteiger partial charge in [-0.25, -0.2) is 0 Å². The molecule has 2 atom stereocenters. The predicted molar refractivity (Wildman–Crippen MR) is 84.8 cm³/mol. The number of benzene rings is 1. The van der Waals surface area contributed by atoms with Crippen molar-refractivity contribution in [1.29, 1.82) is 0 Å². The van der Waals surface area contributed by atoms with Gasteiger partial charge in [0.15, 0.2) is 0 Å². The maximum Gasteiger partial charge on any atom is 0.224 e. The molecule has 4 heteroatoms. The number of nitrogens with one attached hydrogen (secondary N) is 2. The van der Waals surface area contributed by atoms with Crippen LogP contribution in [0.4, 0.5) is 5.69 Å². The summed E-state index contributed by atoms with van der Waals surface area (Å²) in [5.41, 5.74) is 2.02. The lowest BCUT2D eigenvalue weighted by atomic mass is 9.89. The Morgan fingerprint density at radius 1 is 1.35 bits per heavy atom. The van der Waals surface area contributed by atoms with Gasteiger partial charge in [0.1, 0.15) is 0 Å². The number of halogens is 1. The summed E-state index contributed by atoms with van der Waals surface area (Å²) < 4.78 is 0.998. The lowest BCUT2D eigenvalue weighted by molar-refractivity contribution is -0.117. The van der Waals surface area contributed by atoms with Gasteiger partial charge >= 0.3 is 0 Å². The van der Waals surface area contributed by atoms with Crippen molar-refractivity contribution in [2.75, 3.05) is 5.32 Å². The number of carbonyl (C=O) groups is 1. The van der Waals surface area contributed by atoms with Crippen LogP contribution in [0.5, 0.6) is 0 Å². The highest BCUT2D eigenvalue weighted by Crippen LogP contribution is 2.33. The molecule has 2 aliphatic rings. The van der Waals surface area contributed by atoms with Crippen molar-refractivity contribution in [3.63, 3.8) is 0 Å². The van der Waals surface area contributed by atoms with Gasteiger partial charge < -0.3 is 10.6 Å². The van der Waals surface area contributed by atoms with Crippen LogP contribution >= 0.6 is 15.9 Å². The first-order chi connectivity index (χ1) is 9.60. The average Bonchev–Trinajstić information content (AvgIpc) is 2.73. The summed E-state index contributed by atoms with van der Waals surface area (Å²) in [6.45, 7) is 2.02. The first-order valence-corrected chi connectivity index (χ1v) is 8.21. The lowest BCUT2D eigenvalue weighted by Gasteiger charge is -2.28. The van der Waals surface area contributed by atoms with Crippen LogP contribution in [0.1, 0.15) is 37.7 Å². The first-order valence-electron chi connectivity index (χ1n) is 7.42. The minimum absolute atomic E-state index is 0.150. The van der Waals surface area contributed by atoms with Crippen LogP contribution < -0.4 is 10.6 Å². The van der Waals surface area contributed by atoms with Crippen LogP contribution in [0.3, 0.4) is 0 Å². The van der Waals surface area contributed by atoms with E-state index in [0.29, 0.717) is 24.4 Å². The van der Waals surface area contributed by atoms with Crippen LogP contribution in [0.2, 0.25) is 0 Å². The quantitative estimate of drug-likeness (QED) is 0.885. The molecule has 1 amide bonds. The van der Waals surface area contributed by atoms with E-state index in [1.54, 1.807) is 0 Å². The fourth-order valence-corrected chi connectivity index (χ4v) is 3.90. The molecule has 1 aromatic rings. The Labute approximate surface area is 128 Å². The maximum absolute atomic E-state index is 12.2. The van der Waals surface area contributed by atoms with E-state index in [0.717, 1.165) is 28.6 Å². The van der Waals surface area contributed by atoms with Gasteiger partial charge in [-0.15, -0.1) is 0 Å². The van der Waals surface area contributed by atoms with Crippen molar-refractivity contribution in [2.45, 2.75) is 51.1 Å². The third kappa shape index (κ3) is 3.23. The smallest absolute Gasteiger partial charge is 0.224 e. The number of amides is 1. The van der Waals surface area contributed by atoms with Gasteiger partial charge in [0, 0.05) is 28.7 Å². The van der Waals surface area contributed by atoms with Gasteiger partial charge in [0.25, 0.3) is 0 Å². The number of anilines is 1. The number of fused-ring (bicyclic) bond motifs is 2. The van der Waals surface area contributed by atoms with Crippen molar-refractivity contribution in [3.05, 3.63) is 28.2 Å².